The number of urea groups is 1. The normalized spacial score (nSPS) is 18.2. The lowest BCUT2D eigenvalue weighted by atomic mass is 10.1. The number of anilines is 1. The van der Waals surface area contributed by atoms with E-state index in [9.17, 15) is 14.7 Å². The van der Waals surface area contributed by atoms with Gasteiger partial charge < -0.3 is 30.3 Å². The fourth-order valence-electron chi connectivity index (χ4n) is 4.94. The summed E-state index contributed by atoms with van der Waals surface area (Å²) in [5.41, 5.74) is 2.42. The van der Waals surface area contributed by atoms with Gasteiger partial charge in [-0.05, 0) is 90.3 Å². The number of carbonyl (C=O) groups is 2. The Hall–Kier alpha value is -2.39. The minimum Gasteiger partial charge on any atom is -0.480 e. The molecule has 0 spiro atoms. The molecule has 2 amide bonds. The van der Waals surface area contributed by atoms with Crippen molar-refractivity contribution in [3.05, 3.63) is 23.4 Å². The summed E-state index contributed by atoms with van der Waals surface area (Å²) < 4.78 is 5.75. The van der Waals surface area contributed by atoms with E-state index in [-0.39, 0.29) is 18.2 Å². The highest BCUT2D eigenvalue weighted by atomic mass is 16.5. The summed E-state index contributed by atoms with van der Waals surface area (Å²) in [5.74, 6) is 0.0527. The molecule has 1 aromatic heterocycles. The second-order valence-corrected chi connectivity index (χ2v) is 10.4. The topological polar surface area (TPSA) is 107 Å². The molecule has 1 saturated heterocycles. The van der Waals surface area contributed by atoms with E-state index >= 15 is 0 Å². The van der Waals surface area contributed by atoms with Crippen molar-refractivity contribution in [2.75, 3.05) is 44.6 Å². The molecule has 3 N–H and O–H groups in total. The van der Waals surface area contributed by atoms with Crippen LogP contribution in [0.1, 0.15) is 70.6 Å². The number of carboxylic acid groups (broad SMARTS) is 1. The Morgan fingerprint density at radius 2 is 2.08 bits per heavy atom. The molecule has 0 radical (unpaired) electrons. The lowest BCUT2D eigenvalue weighted by molar-refractivity contribution is -0.139. The van der Waals surface area contributed by atoms with Crippen LogP contribution < -0.4 is 10.6 Å². The van der Waals surface area contributed by atoms with Gasteiger partial charge in [-0.1, -0.05) is 6.07 Å². The van der Waals surface area contributed by atoms with Crippen LogP contribution in [-0.4, -0.2) is 89.4 Å². The molecule has 2 atom stereocenters. The SMILES string of the molecule is CC(C)OCCN(CCCCc1ccc2c(n1)NCCC2)CC[C@H](NC(=O)N1CCC[C@H]1C)C(=O)O. The predicted molar refractivity (Wildman–Crippen MR) is 141 cm³/mol. The van der Waals surface area contributed by atoms with Crippen molar-refractivity contribution in [1.29, 1.82) is 0 Å². The second kappa shape index (κ2) is 14.4. The van der Waals surface area contributed by atoms with Gasteiger partial charge in [0.15, 0.2) is 0 Å². The van der Waals surface area contributed by atoms with Gasteiger partial charge in [-0.25, -0.2) is 14.6 Å². The van der Waals surface area contributed by atoms with Gasteiger partial charge in [-0.3, -0.25) is 0 Å². The highest BCUT2D eigenvalue weighted by molar-refractivity contribution is 5.82. The van der Waals surface area contributed by atoms with E-state index in [2.05, 4.69) is 27.7 Å². The third-order valence-electron chi connectivity index (χ3n) is 7.11. The summed E-state index contributed by atoms with van der Waals surface area (Å²) in [4.78, 5) is 33.3. The van der Waals surface area contributed by atoms with E-state index in [0.29, 0.717) is 26.1 Å². The number of hydrogen-bond donors (Lipinski definition) is 3. The monoisotopic (exact) mass is 503 g/mol. The largest absolute Gasteiger partial charge is 0.480 e. The fraction of sp³-hybridized carbons (Fsp3) is 0.741. The summed E-state index contributed by atoms with van der Waals surface area (Å²) in [7, 11) is 0. The molecular formula is C27H45N5O4. The molecule has 0 aromatic carbocycles. The van der Waals surface area contributed by atoms with Crippen LogP contribution in [0.3, 0.4) is 0 Å². The highest BCUT2D eigenvalue weighted by Crippen LogP contribution is 2.20. The Labute approximate surface area is 216 Å². The maximum atomic E-state index is 12.6. The molecule has 202 valence electrons. The van der Waals surface area contributed by atoms with Crippen LogP contribution in [-0.2, 0) is 22.4 Å². The molecule has 0 saturated carbocycles. The van der Waals surface area contributed by atoms with Crippen molar-refractivity contribution in [2.24, 2.45) is 0 Å². The minimum atomic E-state index is -0.985. The van der Waals surface area contributed by atoms with Gasteiger partial charge in [-0.2, -0.15) is 0 Å². The highest BCUT2D eigenvalue weighted by Gasteiger charge is 2.29. The van der Waals surface area contributed by atoms with E-state index in [1.165, 1.54) is 5.56 Å². The molecule has 1 fully saturated rings. The van der Waals surface area contributed by atoms with Gasteiger partial charge in [0.05, 0.1) is 12.7 Å². The molecular weight excluding hydrogens is 458 g/mol. The number of nitrogens with zero attached hydrogens (tertiary/aromatic N) is 3. The van der Waals surface area contributed by atoms with Crippen molar-refractivity contribution in [3.63, 3.8) is 0 Å². The van der Waals surface area contributed by atoms with Crippen molar-refractivity contribution >= 4 is 17.8 Å². The number of aryl methyl sites for hydroxylation is 2. The summed E-state index contributed by atoms with van der Waals surface area (Å²) >= 11 is 0. The Kier molecular flexibility index (Phi) is 11.3. The molecule has 9 nitrogen and oxygen atoms in total. The van der Waals surface area contributed by atoms with Gasteiger partial charge in [0.1, 0.15) is 11.9 Å². The minimum absolute atomic E-state index is 0.157. The van der Waals surface area contributed by atoms with Crippen molar-refractivity contribution in [1.82, 2.24) is 20.1 Å². The average Bonchev–Trinajstić information content (AvgIpc) is 3.29. The standard InChI is InChI=1S/C27H45N5O4/c1-20(2)36-19-18-31(15-5-4-10-23-12-11-22-9-6-14-28-25(22)29-23)17-13-24(26(33)34)30-27(35)32-16-7-8-21(32)3/h11-12,20-21,24H,4-10,13-19H2,1-3H3,(H,28,29)(H,30,35)(H,33,34)/t21-,24+/m1/s1. The number of carboxylic acids is 1. The number of aromatic nitrogens is 1. The molecule has 3 rings (SSSR count). The number of hydrogen-bond acceptors (Lipinski definition) is 6. The first-order valence-corrected chi connectivity index (χ1v) is 13.7. The number of fused-ring (bicyclic) bond motifs is 1. The van der Waals surface area contributed by atoms with Crippen LogP contribution >= 0.6 is 0 Å². The summed E-state index contributed by atoms with van der Waals surface area (Å²) in [6.07, 6.45) is 7.63. The van der Waals surface area contributed by atoms with Gasteiger partial charge in [-0.15, -0.1) is 0 Å². The zero-order valence-electron chi connectivity index (χ0n) is 22.3. The van der Waals surface area contributed by atoms with Gasteiger partial charge in [0.25, 0.3) is 0 Å². The Balaban J connectivity index is 1.47. The Bertz CT molecular complexity index is 849. The number of aliphatic carboxylic acids is 1. The average molecular weight is 504 g/mol. The molecule has 36 heavy (non-hydrogen) atoms. The molecule has 3 heterocycles. The lowest BCUT2D eigenvalue weighted by Gasteiger charge is -2.27. The van der Waals surface area contributed by atoms with E-state index in [1.54, 1.807) is 4.90 Å². The van der Waals surface area contributed by atoms with Gasteiger partial charge in [0, 0.05) is 37.9 Å². The van der Waals surface area contributed by atoms with Crippen molar-refractivity contribution in [2.45, 2.75) is 90.3 Å². The van der Waals surface area contributed by atoms with Crippen LogP contribution in [0, 0.1) is 0 Å². The maximum Gasteiger partial charge on any atom is 0.326 e. The van der Waals surface area contributed by atoms with E-state index in [4.69, 9.17) is 9.72 Å². The first-order valence-electron chi connectivity index (χ1n) is 13.7. The van der Waals surface area contributed by atoms with Crippen LogP contribution in [0.4, 0.5) is 10.6 Å². The predicted octanol–water partition coefficient (Wildman–Crippen LogP) is 3.53. The number of pyridine rings is 1. The van der Waals surface area contributed by atoms with Crippen LogP contribution in [0.15, 0.2) is 12.1 Å². The van der Waals surface area contributed by atoms with Crippen molar-refractivity contribution < 1.29 is 19.4 Å². The summed E-state index contributed by atoms with van der Waals surface area (Å²) in [6.45, 7) is 10.5. The summed E-state index contributed by atoms with van der Waals surface area (Å²) in [6, 6.07) is 3.33. The lowest BCUT2D eigenvalue weighted by Crippen LogP contribution is -2.50. The van der Waals surface area contributed by atoms with Gasteiger partial charge >= 0.3 is 12.0 Å². The number of ether oxygens (including phenoxy) is 1. The number of unbranched alkanes of at least 4 members (excludes halogenated alkanes) is 1. The van der Waals surface area contributed by atoms with Gasteiger partial charge in [0.2, 0.25) is 0 Å². The molecule has 2 aliphatic rings. The zero-order valence-corrected chi connectivity index (χ0v) is 22.3. The van der Waals surface area contributed by atoms with Crippen LogP contribution in [0.5, 0.6) is 0 Å². The van der Waals surface area contributed by atoms with Crippen LogP contribution in [0.25, 0.3) is 0 Å². The quantitative estimate of drug-likeness (QED) is 0.334. The number of likely N-dealkylation sites (tertiary alicyclic amines) is 1. The molecule has 9 heteroatoms. The third kappa shape index (κ3) is 8.92. The molecule has 0 unspecified atom stereocenters. The first kappa shape index (κ1) is 28.2. The molecule has 2 aliphatic heterocycles. The fourth-order valence-corrected chi connectivity index (χ4v) is 4.94. The number of nitrogens with one attached hydrogen (secondary N) is 2. The molecule has 0 aliphatic carbocycles. The second-order valence-electron chi connectivity index (χ2n) is 10.4. The first-order chi connectivity index (χ1) is 17.3. The Morgan fingerprint density at radius 3 is 2.81 bits per heavy atom. The van der Waals surface area contributed by atoms with E-state index < -0.39 is 12.0 Å². The molecule has 1 aromatic rings. The summed E-state index contributed by atoms with van der Waals surface area (Å²) in [5, 5.41) is 15.9. The number of carbonyl (C=O) groups excluding carboxylic acids is 1. The number of amides is 2. The third-order valence-corrected chi connectivity index (χ3v) is 7.11. The van der Waals surface area contributed by atoms with Crippen molar-refractivity contribution in [3.8, 4) is 0 Å². The number of rotatable bonds is 14. The maximum absolute atomic E-state index is 12.6. The smallest absolute Gasteiger partial charge is 0.326 e. The zero-order chi connectivity index (χ0) is 25.9. The van der Waals surface area contributed by atoms with E-state index in [0.717, 1.165) is 76.1 Å². The van der Waals surface area contributed by atoms with Crippen LogP contribution in [0.2, 0.25) is 0 Å². The molecule has 0 bridgehead atoms. The Morgan fingerprint density at radius 1 is 1.25 bits per heavy atom. The van der Waals surface area contributed by atoms with E-state index in [1.807, 2.05) is 20.8 Å².